The molecule has 1 saturated heterocycles. The van der Waals surface area contributed by atoms with Gasteiger partial charge >= 0.3 is 0 Å². The Morgan fingerprint density at radius 1 is 1.08 bits per heavy atom. The van der Waals surface area contributed by atoms with Crippen molar-refractivity contribution in [2.24, 2.45) is 0 Å². The highest BCUT2D eigenvalue weighted by atomic mass is 19.1. The minimum absolute atomic E-state index is 0.0369. The first-order valence-electron chi connectivity index (χ1n) is 7.95. The second-order valence-electron chi connectivity index (χ2n) is 6.07. The maximum Gasteiger partial charge on any atom is 0.255 e. The van der Waals surface area contributed by atoms with Crippen LogP contribution in [0.3, 0.4) is 0 Å². The van der Waals surface area contributed by atoms with Gasteiger partial charge in [0.2, 0.25) is 0 Å². The second-order valence-corrected chi connectivity index (χ2v) is 6.07. The van der Waals surface area contributed by atoms with Crippen LogP contribution in [0.4, 0.5) is 20.2 Å². The summed E-state index contributed by atoms with van der Waals surface area (Å²) in [6.07, 6.45) is 0. The molecule has 0 atom stereocenters. The number of amides is 1. The fraction of sp³-hybridized carbons (Fsp3) is 0.278. The third-order valence-electron chi connectivity index (χ3n) is 4.23. The van der Waals surface area contributed by atoms with Crippen molar-refractivity contribution in [3.8, 4) is 0 Å². The summed E-state index contributed by atoms with van der Waals surface area (Å²) in [5, 5.41) is 2.77. The SMILES string of the molecule is C[NH+]1CCN(c2ccccc2NC(=O)c2cc(F)cc(F)c2)CC1. The largest absolute Gasteiger partial charge is 0.359 e. The van der Waals surface area contributed by atoms with Crippen LogP contribution in [-0.4, -0.2) is 39.1 Å². The zero-order chi connectivity index (χ0) is 17.1. The second kappa shape index (κ2) is 6.97. The van der Waals surface area contributed by atoms with Crippen molar-refractivity contribution >= 4 is 17.3 Å². The Labute approximate surface area is 139 Å². The van der Waals surface area contributed by atoms with Crippen LogP contribution in [-0.2, 0) is 0 Å². The van der Waals surface area contributed by atoms with Gasteiger partial charge in [0, 0.05) is 11.6 Å². The summed E-state index contributed by atoms with van der Waals surface area (Å²) in [6, 6.07) is 10.3. The first kappa shape index (κ1) is 16.4. The fourth-order valence-corrected chi connectivity index (χ4v) is 2.86. The maximum atomic E-state index is 13.3. The van der Waals surface area contributed by atoms with Crippen molar-refractivity contribution in [3.63, 3.8) is 0 Å². The molecule has 3 rings (SSSR count). The molecule has 1 aliphatic heterocycles. The van der Waals surface area contributed by atoms with Gasteiger partial charge in [0.05, 0.1) is 44.6 Å². The van der Waals surface area contributed by atoms with Gasteiger partial charge in [-0.2, -0.15) is 0 Å². The maximum absolute atomic E-state index is 13.3. The summed E-state index contributed by atoms with van der Waals surface area (Å²) in [4.78, 5) is 16.0. The fourth-order valence-electron chi connectivity index (χ4n) is 2.86. The van der Waals surface area contributed by atoms with E-state index in [1.165, 1.54) is 4.90 Å². The topological polar surface area (TPSA) is 36.8 Å². The number of quaternary nitrogens is 1. The van der Waals surface area contributed by atoms with Gasteiger partial charge in [-0.25, -0.2) is 8.78 Å². The molecular formula is C18H20F2N3O+. The first-order valence-corrected chi connectivity index (χ1v) is 7.95. The van der Waals surface area contributed by atoms with E-state index in [2.05, 4.69) is 17.3 Å². The molecule has 2 N–H and O–H groups in total. The van der Waals surface area contributed by atoms with Crippen molar-refractivity contribution in [2.45, 2.75) is 0 Å². The minimum Gasteiger partial charge on any atom is -0.359 e. The van der Waals surface area contributed by atoms with E-state index in [-0.39, 0.29) is 5.56 Å². The monoisotopic (exact) mass is 332 g/mol. The van der Waals surface area contributed by atoms with Crippen molar-refractivity contribution in [1.29, 1.82) is 0 Å². The van der Waals surface area contributed by atoms with E-state index in [1.54, 1.807) is 6.07 Å². The zero-order valence-corrected chi connectivity index (χ0v) is 13.5. The molecule has 2 aromatic carbocycles. The van der Waals surface area contributed by atoms with Crippen LogP contribution >= 0.6 is 0 Å². The number of hydrogen-bond donors (Lipinski definition) is 2. The van der Waals surface area contributed by atoms with Gasteiger partial charge in [0.1, 0.15) is 11.6 Å². The summed E-state index contributed by atoms with van der Waals surface area (Å²) in [6.45, 7) is 3.84. The van der Waals surface area contributed by atoms with E-state index in [0.717, 1.165) is 50.1 Å². The molecule has 1 aliphatic rings. The highest BCUT2D eigenvalue weighted by molar-refractivity contribution is 6.06. The number of nitrogens with one attached hydrogen (secondary N) is 2. The molecule has 0 radical (unpaired) electrons. The Morgan fingerprint density at radius 3 is 2.38 bits per heavy atom. The van der Waals surface area contributed by atoms with Crippen molar-refractivity contribution in [1.82, 2.24) is 0 Å². The molecule has 24 heavy (non-hydrogen) atoms. The average Bonchev–Trinajstić information content (AvgIpc) is 2.55. The number of para-hydroxylation sites is 2. The predicted molar refractivity (Wildman–Crippen MR) is 89.6 cm³/mol. The number of carbonyl (C=O) groups excluding carboxylic acids is 1. The van der Waals surface area contributed by atoms with Crippen LogP contribution in [0.1, 0.15) is 10.4 Å². The van der Waals surface area contributed by atoms with E-state index < -0.39 is 17.5 Å². The van der Waals surface area contributed by atoms with Gasteiger partial charge in [-0.3, -0.25) is 4.79 Å². The van der Waals surface area contributed by atoms with Gasteiger partial charge < -0.3 is 15.1 Å². The molecule has 0 unspecified atom stereocenters. The molecule has 0 aliphatic carbocycles. The van der Waals surface area contributed by atoms with E-state index in [4.69, 9.17) is 0 Å². The highest BCUT2D eigenvalue weighted by Gasteiger charge is 2.20. The summed E-state index contributed by atoms with van der Waals surface area (Å²) < 4.78 is 26.6. The Morgan fingerprint density at radius 2 is 1.71 bits per heavy atom. The smallest absolute Gasteiger partial charge is 0.255 e. The quantitative estimate of drug-likeness (QED) is 0.895. The third-order valence-corrected chi connectivity index (χ3v) is 4.23. The molecule has 0 bridgehead atoms. The van der Waals surface area contributed by atoms with Gasteiger partial charge in [0.15, 0.2) is 0 Å². The summed E-state index contributed by atoms with van der Waals surface area (Å²) in [5.74, 6) is -2.06. The Hall–Kier alpha value is -2.47. The number of benzene rings is 2. The van der Waals surface area contributed by atoms with E-state index in [1.807, 2.05) is 18.2 Å². The predicted octanol–water partition coefficient (Wildman–Crippen LogP) is 1.55. The molecule has 1 fully saturated rings. The molecular weight excluding hydrogens is 312 g/mol. The van der Waals surface area contributed by atoms with Crippen LogP contribution in [0.5, 0.6) is 0 Å². The third kappa shape index (κ3) is 3.71. The number of halogens is 2. The van der Waals surface area contributed by atoms with Crippen molar-refractivity contribution in [2.75, 3.05) is 43.4 Å². The zero-order valence-electron chi connectivity index (χ0n) is 13.5. The van der Waals surface area contributed by atoms with Crippen LogP contribution in [0.15, 0.2) is 42.5 Å². The lowest BCUT2D eigenvalue weighted by molar-refractivity contribution is -0.880. The van der Waals surface area contributed by atoms with Crippen LogP contribution in [0, 0.1) is 11.6 Å². The molecule has 0 aromatic heterocycles. The van der Waals surface area contributed by atoms with Crippen LogP contribution in [0.2, 0.25) is 0 Å². The standard InChI is InChI=1S/C18H19F2N3O/c1-22-6-8-23(9-7-22)17-5-3-2-4-16(17)21-18(24)13-10-14(19)12-15(20)11-13/h2-5,10-12H,6-9H2,1H3,(H,21,24)/p+1. The number of hydrogen-bond acceptors (Lipinski definition) is 2. The molecule has 0 spiro atoms. The average molecular weight is 332 g/mol. The lowest BCUT2D eigenvalue weighted by Gasteiger charge is -2.33. The van der Waals surface area contributed by atoms with Crippen molar-refractivity contribution in [3.05, 3.63) is 59.7 Å². The van der Waals surface area contributed by atoms with Crippen LogP contribution in [0.25, 0.3) is 0 Å². The van der Waals surface area contributed by atoms with Crippen molar-refractivity contribution < 1.29 is 18.5 Å². The van der Waals surface area contributed by atoms with E-state index >= 15 is 0 Å². The Balaban J connectivity index is 1.81. The molecule has 6 heteroatoms. The summed E-state index contributed by atoms with van der Waals surface area (Å²) in [5.41, 5.74) is 1.53. The lowest BCUT2D eigenvalue weighted by Crippen LogP contribution is -3.12. The number of piperazine rings is 1. The van der Waals surface area contributed by atoms with Crippen LogP contribution < -0.4 is 15.1 Å². The van der Waals surface area contributed by atoms with Gasteiger partial charge in [-0.15, -0.1) is 0 Å². The molecule has 1 heterocycles. The molecule has 1 amide bonds. The van der Waals surface area contributed by atoms with E-state index in [0.29, 0.717) is 5.69 Å². The molecule has 4 nitrogen and oxygen atoms in total. The summed E-state index contributed by atoms with van der Waals surface area (Å²) in [7, 11) is 2.16. The van der Waals surface area contributed by atoms with E-state index in [9.17, 15) is 13.6 Å². The number of rotatable bonds is 3. The Kier molecular flexibility index (Phi) is 4.76. The molecule has 2 aromatic rings. The molecule has 126 valence electrons. The number of likely N-dealkylation sites (N-methyl/N-ethyl adjacent to an activating group) is 1. The number of nitrogens with zero attached hydrogens (tertiary/aromatic N) is 1. The minimum atomic E-state index is -0.768. The molecule has 0 saturated carbocycles. The Bertz CT molecular complexity index is 723. The lowest BCUT2D eigenvalue weighted by atomic mass is 10.1. The van der Waals surface area contributed by atoms with Gasteiger partial charge in [-0.1, -0.05) is 12.1 Å². The van der Waals surface area contributed by atoms with Gasteiger partial charge in [0.25, 0.3) is 5.91 Å². The normalized spacial score (nSPS) is 15.4. The highest BCUT2D eigenvalue weighted by Crippen LogP contribution is 2.26. The number of anilines is 2. The van der Waals surface area contributed by atoms with Gasteiger partial charge in [-0.05, 0) is 24.3 Å². The number of carbonyl (C=O) groups is 1. The summed E-state index contributed by atoms with van der Waals surface area (Å²) >= 11 is 0. The first-order chi connectivity index (χ1) is 11.5.